The van der Waals surface area contributed by atoms with Crippen molar-refractivity contribution in [2.75, 3.05) is 5.32 Å². The molecule has 0 radical (unpaired) electrons. The van der Waals surface area contributed by atoms with Crippen LogP contribution in [0.3, 0.4) is 0 Å². The zero-order chi connectivity index (χ0) is 19.8. The highest BCUT2D eigenvalue weighted by Gasteiger charge is 2.15. The minimum Gasteiger partial charge on any atom is -0.374 e. The number of H-pyrrole nitrogens is 1. The minimum absolute atomic E-state index is 0.261. The van der Waals surface area contributed by atoms with Gasteiger partial charge in [-0.1, -0.05) is 23.7 Å². The van der Waals surface area contributed by atoms with Crippen molar-refractivity contribution in [3.8, 4) is 5.82 Å². The van der Waals surface area contributed by atoms with E-state index in [0.29, 0.717) is 27.6 Å². The molecule has 0 aliphatic rings. The Hall–Kier alpha value is -3.46. The number of hydrogen-bond donors (Lipinski definition) is 2. The molecule has 0 unspecified atom stereocenters. The Labute approximate surface area is 163 Å². The van der Waals surface area contributed by atoms with E-state index in [2.05, 4.69) is 25.8 Å². The maximum Gasteiger partial charge on any atom is 0.275 e. The van der Waals surface area contributed by atoms with E-state index in [1.54, 1.807) is 31.3 Å². The second-order valence-electron chi connectivity index (χ2n) is 6.35. The number of hydrogen-bond acceptors (Lipinski definition) is 6. The number of halogens is 1. The second-order valence-corrected chi connectivity index (χ2v) is 6.75. The topological polar surface area (TPSA) is 110 Å². The number of pyridine rings is 2. The Morgan fingerprint density at radius 2 is 2.04 bits per heavy atom. The molecule has 0 aliphatic heterocycles. The lowest BCUT2D eigenvalue weighted by atomic mass is 10.1. The molecule has 0 spiro atoms. The Kier molecular flexibility index (Phi) is 4.44. The summed E-state index contributed by atoms with van der Waals surface area (Å²) in [5.74, 6) is 0.520. The first-order valence-electron chi connectivity index (χ1n) is 8.47. The quantitative estimate of drug-likeness (QED) is 0.545. The van der Waals surface area contributed by atoms with Gasteiger partial charge in [0.05, 0.1) is 16.6 Å². The lowest BCUT2D eigenvalue weighted by Crippen LogP contribution is -2.27. The lowest BCUT2D eigenvalue weighted by molar-refractivity contribution is 0.708. The van der Waals surface area contributed by atoms with Crippen molar-refractivity contribution in [1.29, 1.82) is 0 Å². The molecule has 142 valence electrons. The molecule has 2 N–H and O–H groups in total. The number of fused-ring (bicyclic) bond motifs is 1. The van der Waals surface area contributed by atoms with Gasteiger partial charge in [0, 0.05) is 18.0 Å². The van der Waals surface area contributed by atoms with Gasteiger partial charge >= 0.3 is 0 Å². The summed E-state index contributed by atoms with van der Waals surface area (Å²) in [6, 6.07) is 10.1. The highest BCUT2D eigenvalue weighted by Crippen LogP contribution is 2.23. The lowest BCUT2D eigenvalue weighted by Gasteiger charge is -2.17. The van der Waals surface area contributed by atoms with Crippen LogP contribution >= 0.6 is 11.6 Å². The first-order valence-corrected chi connectivity index (χ1v) is 8.85. The van der Waals surface area contributed by atoms with Crippen molar-refractivity contribution in [1.82, 2.24) is 29.8 Å². The predicted molar refractivity (Wildman–Crippen MR) is 106 cm³/mol. The van der Waals surface area contributed by atoms with Crippen molar-refractivity contribution in [3.63, 3.8) is 0 Å². The van der Waals surface area contributed by atoms with Crippen LogP contribution in [0.4, 0.5) is 5.69 Å². The molecule has 0 amide bonds. The molecule has 3 heterocycles. The van der Waals surface area contributed by atoms with E-state index >= 15 is 0 Å². The van der Waals surface area contributed by atoms with Crippen LogP contribution in [0.25, 0.3) is 16.7 Å². The smallest absolute Gasteiger partial charge is 0.275 e. The van der Waals surface area contributed by atoms with Crippen LogP contribution < -0.4 is 16.4 Å². The summed E-state index contributed by atoms with van der Waals surface area (Å²) in [4.78, 5) is 28.0. The molecule has 9 nitrogen and oxygen atoms in total. The number of tetrazole rings is 1. The Morgan fingerprint density at radius 1 is 1.21 bits per heavy atom. The predicted octanol–water partition coefficient (Wildman–Crippen LogP) is 2.03. The molecule has 28 heavy (non-hydrogen) atoms. The molecule has 0 bridgehead atoms. The van der Waals surface area contributed by atoms with E-state index in [4.69, 9.17) is 11.6 Å². The van der Waals surface area contributed by atoms with Gasteiger partial charge in [-0.3, -0.25) is 14.2 Å². The standard InChI is InChI=1S/C18H16ClN7O2/c1-10(12-8-11-4-3-5-13(19)16(11)22-17(12)27)21-14-6-7-15(25(2)18(14)28)26-9-20-23-24-26/h3-10,21H,1-2H3,(H,22,27)/t10-/m0/s1. The summed E-state index contributed by atoms with van der Waals surface area (Å²) >= 11 is 6.14. The molecule has 4 aromatic rings. The molecule has 0 saturated carbocycles. The van der Waals surface area contributed by atoms with E-state index in [9.17, 15) is 9.59 Å². The minimum atomic E-state index is -0.404. The molecule has 0 aliphatic carbocycles. The maximum atomic E-state index is 12.7. The molecule has 1 atom stereocenters. The molecule has 4 rings (SSSR count). The van der Waals surface area contributed by atoms with Crippen molar-refractivity contribution < 1.29 is 0 Å². The second kappa shape index (κ2) is 6.93. The van der Waals surface area contributed by atoms with Crippen molar-refractivity contribution >= 4 is 28.2 Å². The SMILES string of the molecule is C[C@H](Nc1ccc(-n2cnnn2)n(C)c1=O)c1cc2cccc(Cl)c2[nH]c1=O. The summed E-state index contributed by atoms with van der Waals surface area (Å²) in [6.45, 7) is 1.82. The van der Waals surface area contributed by atoms with Gasteiger partial charge in [0.1, 0.15) is 17.8 Å². The van der Waals surface area contributed by atoms with E-state index < -0.39 is 6.04 Å². The van der Waals surface area contributed by atoms with Gasteiger partial charge in [-0.25, -0.2) is 0 Å². The average molecular weight is 398 g/mol. The van der Waals surface area contributed by atoms with Gasteiger partial charge in [0.25, 0.3) is 11.1 Å². The highest BCUT2D eigenvalue weighted by molar-refractivity contribution is 6.35. The normalized spacial score (nSPS) is 12.2. The van der Waals surface area contributed by atoms with Gasteiger partial charge in [-0.2, -0.15) is 4.68 Å². The molecule has 0 saturated heterocycles. The van der Waals surface area contributed by atoms with E-state index in [1.807, 2.05) is 19.1 Å². The summed E-state index contributed by atoms with van der Waals surface area (Å²) in [7, 11) is 1.63. The van der Waals surface area contributed by atoms with Crippen LogP contribution in [0, 0.1) is 0 Å². The summed E-state index contributed by atoms with van der Waals surface area (Å²) in [5.41, 5.74) is 0.924. The number of aromatic nitrogens is 6. The van der Waals surface area contributed by atoms with Crippen LogP contribution in [0.5, 0.6) is 0 Å². The molecular formula is C18H16ClN7O2. The first-order chi connectivity index (χ1) is 13.5. The molecule has 1 aromatic carbocycles. The number of nitrogens with zero attached hydrogens (tertiary/aromatic N) is 5. The van der Waals surface area contributed by atoms with Crippen LogP contribution in [0.15, 0.2) is 52.3 Å². The third-order valence-electron chi connectivity index (χ3n) is 4.56. The van der Waals surface area contributed by atoms with E-state index in [1.165, 1.54) is 15.6 Å². The number of para-hydroxylation sites is 1. The van der Waals surface area contributed by atoms with Crippen LogP contribution in [0.2, 0.25) is 5.02 Å². The third kappa shape index (κ3) is 3.05. The van der Waals surface area contributed by atoms with Crippen molar-refractivity contribution in [2.45, 2.75) is 13.0 Å². The highest BCUT2D eigenvalue weighted by atomic mass is 35.5. The fraction of sp³-hybridized carbons (Fsp3) is 0.167. The summed E-state index contributed by atoms with van der Waals surface area (Å²) in [5, 5.41) is 15.4. The largest absolute Gasteiger partial charge is 0.374 e. The van der Waals surface area contributed by atoms with Crippen molar-refractivity contribution in [3.05, 3.63) is 74.0 Å². The summed E-state index contributed by atoms with van der Waals surface area (Å²) in [6.07, 6.45) is 1.41. The zero-order valence-electron chi connectivity index (χ0n) is 15.0. The van der Waals surface area contributed by atoms with Gasteiger partial charge < -0.3 is 10.3 Å². The Bertz CT molecular complexity index is 1280. The van der Waals surface area contributed by atoms with Gasteiger partial charge in [-0.15, -0.1) is 5.10 Å². The Balaban J connectivity index is 1.69. The molecule has 10 heteroatoms. The van der Waals surface area contributed by atoms with Crippen LogP contribution in [0.1, 0.15) is 18.5 Å². The van der Waals surface area contributed by atoms with Crippen molar-refractivity contribution in [2.24, 2.45) is 7.05 Å². The zero-order valence-corrected chi connectivity index (χ0v) is 15.8. The fourth-order valence-electron chi connectivity index (χ4n) is 3.08. The molecule has 0 fully saturated rings. The van der Waals surface area contributed by atoms with E-state index in [-0.39, 0.29) is 11.1 Å². The maximum absolute atomic E-state index is 12.7. The van der Waals surface area contributed by atoms with E-state index in [0.717, 1.165) is 5.39 Å². The van der Waals surface area contributed by atoms with Gasteiger partial charge in [-0.05, 0) is 41.6 Å². The Morgan fingerprint density at radius 3 is 2.79 bits per heavy atom. The third-order valence-corrected chi connectivity index (χ3v) is 4.87. The number of rotatable bonds is 4. The fourth-order valence-corrected chi connectivity index (χ4v) is 3.31. The molecule has 3 aromatic heterocycles. The number of anilines is 1. The first kappa shape index (κ1) is 17.9. The van der Waals surface area contributed by atoms with Crippen LogP contribution in [-0.2, 0) is 7.05 Å². The number of aromatic amines is 1. The molecular weight excluding hydrogens is 382 g/mol. The van der Waals surface area contributed by atoms with Crippen LogP contribution in [-0.4, -0.2) is 29.8 Å². The van der Waals surface area contributed by atoms with Gasteiger partial charge in [0.2, 0.25) is 0 Å². The monoisotopic (exact) mass is 397 g/mol. The van der Waals surface area contributed by atoms with Gasteiger partial charge in [0.15, 0.2) is 0 Å². The average Bonchev–Trinajstić information content (AvgIpc) is 3.20. The number of benzene rings is 1. The summed E-state index contributed by atoms with van der Waals surface area (Å²) < 4.78 is 2.82. The number of nitrogens with one attached hydrogen (secondary N) is 2.